The minimum absolute atomic E-state index is 0.230. The highest BCUT2D eigenvalue weighted by molar-refractivity contribution is 5.92. The van der Waals surface area contributed by atoms with Gasteiger partial charge in [0.2, 0.25) is 5.91 Å². The van der Waals surface area contributed by atoms with E-state index in [1.807, 2.05) is 0 Å². The standard InChI is InChI=1S/C13H17N3O4/c1-19-13(18)8-2-3-10(9(14)6-8)16-4-5-20-7-11(16)12(15)17/h2-3,6,11H,4-5,7,14H2,1H3,(H2,15,17). The van der Waals surface area contributed by atoms with Crippen molar-refractivity contribution in [3.63, 3.8) is 0 Å². The summed E-state index contributed by atoms with van der Waals surface area (Å²) in [6.45, 7) is 1.23. The second-order valence-corrected chi connectivity index (χ2v) is 4.45. The summed E-state index contributed by atoms with van der Waals surface area (Å²) in [5.41, 5.74) is 12.7. The van der Waals surface area contributed by atoms with Crippen LogP contribution in [0.3, 0.4) is 0 Å². The lowest BCUT2D eigenvalue weighted by molar-refractivity contribution is -0.121. The van der Waals surface area contributed by atoms with Crippen LogP contribution >= 0.6 is 0 Å². The summed E-state index contributed by atoms with van der Waals surface area (Å²) in [6, 6.07) is 4.25. The first kappa shape index (κ1) is 14.1. The Morgan fingerprint density at radius 2 is 2.20 bits per heavy atom. The van der Waals surface area contributed by atoms with E-state index in [0.29, 0.717) is 30.1 Å². The smallest absolute Gasteiger partial charge is 0.337 e. The second-order valence-electron chi connectivity index (χ2n) is 4.45. The molecule has 1 aromatic rings. The molecular weight excluding hydrogens is 262 g/mol. The molecule has 0 aromatic heterocycles. The molecule has 0 spiro atoms. The molecule has 0 radical (unpaired) electrons. The predicted molar refractivity (Wildman–Crippen MR) is 73.3 cm³/mol. The third kappa shape index (κ3) is 2.67. The van der Waals surface area contributed by atoms with Gasteiger partial charge in [-0.25, -0.2) is 4.79 Å². The number of hydrogen-bond acceptors (Lipinski definition) is 6. The highest BCUT2D eigenvalue weighted by atomic mass is 16.5. The van der Waals surface area contributed by atoms with Crippen LogP contribution in [0.15, 0.2) is 18.2 Å². The van der Waals surface area contributed by atoms with E-state index in [1.54, 1.807) is 17.0 Å². The Balaban J connectivity index is 2.31. The molecule has 1 unspecified atom stereocenters. The topological polar surface area (TPSA) is 108 Å². The summed E-state index contributed by atoms with van der Waals surface area (Å²) in [5.74, 6) is -0.933. The Labute approximate surface area is 116 Å². The molecule has 1 heterocycles. The van der Waals surface area contributed by atoms with E-state index in [1.165, 1.54) is 13.2 Å². The van der Waals surface area contributed by atoms with Crippen molar-refractivity contribution < 1.29 is 19.1 Å². The molecule has 1 aromatic carbocycles. The molecule has 1 atom stereocenters. The first-order valence-corrected chi connectivity index (χ1v) is 6.16. The molecule has 1 fully saturated rings. The van der Waals surface area contributed by atoms with Gasteiger partial charge in [-0.1, -0.05) is 0 Å². The quantitative estimate of drug-likeness (QED) is 0.583. The van der Waals surface area contributed by atoms with Crippen LogP contribution in [0.1, 0.15) is 10.4 Å². The summed E-state index contributed by atoms with van der Waals surface area (Å²) < 4.78 is 9.89. The molecule has 1 saturated heterocycles. The zero-order valence-electron chi connectivity index (χ0n) is 11.2. The van der Waals surface area contributed by atoms with Crippen LogP contribution in [0.5, 0.6) is 0 Å². The number of benzene rings is 1. The van der Waals surface area contributed by atoms with Gasteiger partial charge in [0.15, 0.2) is 0 Å². The average Bonchev–Trinajstić information content (AvgIpc) is 2.46. The van der Waals surface area contributed by atoms with Crippen molar-refractivity contribution in [1.82, 2.24) is 0 Å². The van der Waals surface area contributed by atoms with Crippen LogP contribution in [0, 0.1) is 0 Å². The van der Waals surface area contributed by atoms with Gasteiger partial charge >= 0.3 is 5.97 Å². The van der Waals surface area contributed by atoms with Gasteiger partial charge in [0.1, 0.15) is 6.04 Å². The highest BCUT2D eigenvalue weighted by Gasteiger charge is 2.29. The Hall–Kier alpha value is -2.28. The summed E-state index contributed by atoms with van der Waals surface area (Å²) in [4.78, 5) is 24.7. The van der Waals surface area contributed by atoms with Gasteiger partial charge < -0.3 is 25.8 Å². The first-order chi connectivity index (χ1) is 9.54. The number of rotatable bonds is 3. The number of amides is 1. The van der Waals surface area contributed by atoms with Crippen molar-refractivity contribution >= 4 is 23.3 Å². The number of carbonyl (C=O) groups is 2. The lowest BCUT2D eigenvalue weighted by atomic mass is 10.1. The number of morpholine rings is 1. The van der Waals surface area contributed by atoms with Gasteiger partial charge in [0.05, 0.1) is 37.3 Å². The lowest BCUT2D eigenvalue weighted by Crippen LogP contribution is -2.52. The van der Waals surface area contributed by atoms with E-state index in [0.717, 1.165) is 0 Å². The van der Waals surface area contributed by atoms with Crippen molar-refractivity contribution in [1.29, 1.82) is 0 Å². The Bertz CT molecular complexity index is 532. The van der Waals surface area contributed by atoms with E-state index in [4.69, 9.17) is 16.2 Å². The monoisotopic (exact) mass is 279 g/mol. The van der Waals surface area contributed by atoms with Gasteiger partial charge in [0, 0.05) is 6.54 Å². The van der Waals surface area contributed by atoms with Crippen LogP contribution in [-0.4, -0.2) is 44.8 Å². The van der Waals surface area contributed by atoms with Crippen LogP contribution in [0.4, 0.5) is 11.4 Å². The van der Waals surface area contributed by atoms with E-state index < -0.39 is 17.9 Å². The van der Waals surface area contributed by atoms with E-state index >= 15 is 0 Å². The number of nitrogens with two attached hydrogens (primary N) is 2. The van der Waals surface area contributed by atoms with E-state index in [-0.39, 0.29) is 6.61 Å². The van der Waals surface area contributed by atoms with Crippen molar-refractivity contribution in [2.75, 3.05) is 37.5 Å². The molecule has 1 aliphatic rings. The number of anilines is 2. The normalized spacial score (nSPS) is 18.6. The van der Waals surface area contributed by atoms with Crippen LogP contribution in [-0.2, 0) is 14.3 Å². The zero-order valence-corrected chi connectivity index (χ0v) is 11.2. The highest BCUT2D eigenvalue weighted by Crippen LogP contribution is 2.27. The number of nitrogen functional groups attached to an aromatic ring is 1. The summed E-state index contributed by atoms with van der Waals surface area (Å²) in [7, 11) is 1.30. The predicted octanol–water partition coefficient (Wildman–Crippen LogP) is -0.254. The largest absolute Gasteiger partial charge is 0.465 e. The molecule has 0 aliphatic carbocycles. The third-order valence-electron chi connectivity index (χ3n) is 3.21. The first-order valence-electron chi connectivity index (χ1n) is 6.16. The number of nitrogens with zero attached hydrogens (tertiary/aromatic N) is 1. The van der Waals surface area contributed by atoms with Crippen LogP contribution < -0.4 is 16.4 Å². The van der Waals surface area contributed by atoms with E-state index in [2.05, 4.69) is 4.74 Å². The molecular formula is C13H17N3O4. The molecule has 0 bridgehead atoms. The number of hydrogen-bond donors (Lipinski definition) is 2. The number of carbonyl (C=O) groups excluding carboxylic acids is 2. The van der Waals surface area contributed by atoms with Crippen molar-refractivity contribution in [3.8, 4) is 0 Å². The fourth-order valence-electron chi connectivity index (χ4n) is 2.19. The molecule has 0 saturated carbocycles. The third-order valence-corrected chi connectivity index (χ3v) is 3.21. The summed E-state index contributed by atoms with van der Waals surface area (Å²) in [6.07, 6.45) is 0. The maximum atomic E-state index is 11.5. The van der Waals surface area contributed by atoms with E-state index in [9.17, 15) is 9.59 Å². The number of ether oxygens (including phenoxy) is 2. The van der Waals surface area contributed by atoms with Gasteiger partial charge in [-0.05, 0) is 18.2 Å². The molecule has 108 valence electrons. The Kier molecular flexibility index (Phi) is 4.09. The molecule has 2 rings (SSSR count). The molecule has 1 aliphatic heterocycles. The molecule has 20 heavy (non-hydrogen) atoms. The van der Waals surface area contributed by atoms with Gasteiger partial charge in [0.25, 0.3) is 0 Å². The van der Waals surface area contributed by atoms with Gasteiger partial charge in [-0.15, -0.1) is 0 Å². The second kappa shape index (κ2) is 5.79. The molecule has 7 nitrogen and oxygen atoms in total. The van der Waals surface area contributed by atoms with Gasteiger partial charge in [-0.3, -0.25) is 4.79 Å². The van der Waals surface area contributed by atoms with Gasteiger partial charge in [-0.2, -0.15) is 0 Å². The summed E-state index contributed by atoms with van der Waals surface area (Å²) >= 11 is 0. The zero-order chi connectivity index (χ0) is 14.7. The maximum Gasteiger partial charge on any atom is 0.337 e. The van der Waals surface area contributed by atoms with Crippen molar-refractivity contribution in [2.24, 2.45) is 5.73 Å². The fraction of sp³-hybridized carbons (Fsp3) is 0.385. The SMILES string of the molecule is COC(=O)c1ccc(N2CCOCC2C(N)=O)c(N)c1. The van der Waals surface area contributed by atoms with Crippen LogP contribution in [0.2, 0.25) is 0 Å². The molecule has 1 amide bonds. The van der Waals surface area contributed by atoms with Crippen molar-refractivity contribution in [2.45, 2.75) is 6.04 Å². The Morgan fingerprint density at radius 3 is 2.80 bits per heavy atom. The molecule has 4 N–H and O–H groups in total. The number of esters is 1. The number of methoxy groups -OCH3 is 1. The van der Waals surface area contributed by atoms with Crippen LogP contribution in [0.25, 0.3) is 0 Å². The maximum absolute atomic E-state index is 11.5. The average molecular weight is 279 g/mol. The lowest BCUT2D eigenvalue weighted by Gasteiger charge is -2.36. The minimum atomic E-state index is -0.560. The fourth-order valence-corrected chi connectivity index (χ4v) is 2.19. The summed E-state index contributed by atoms with van der Waals surface area (Å²) in [5, 5.41) is 0. The molecule has 7 heteroatoms. The Morgan fingerprint density at radius 1 is 1.45 bits per heavy atom. The number of primary amides is 1. The van der Waals surface area contributed by atoms with Crippen molar-refractivity contribution in [3.05, 3.63) is 23.8 Å². The minimum Gasteiger partial charge on any atom is -0.465 e.